The first-order chi connectivity index (χ1) is 11.2. The molecule has 0 saturated carbocycles. The number of carbonyl (C=O) groups is 1. The van der Waals surface area contributed by atoms with Crippen LogP contribution < -0.4 is 5.73 Å². The predicted molar refractivity (Wildman–Crippen MR) is 93.5 cm³/mol. The summed E-state index contributed by atoms with van der Waals surface area (Å²) in [5.74, 6) is 0.0838. The lowest BCUT2D eigenvalue weighted by atomic mass is 9.90. The van der Waals surface area contributed by atoms with Crippen LogP contribution >= 0.6 is 0 Å². The minimum absolute atomic E-state index is 0.0216. The summed E-state index contributed by atoms with van der Waals surface area (Å²) in [6, 6.07) is 17.4. The van der Waals surface area contributed by atoms with Gasteiger partial charge in [-0.25, -0.2) is 0 Å². The molecule has 0 aromatic heterocycles. The Hall–Kier alpha value is -2.68. The Labute approximate surface area is 136 Å². The molecule has 23 heavy (non-hydrogen) atoms. The number of fused-ring (bicyclic) bond motifs is 1. The molecule has 0 heterocycles. The average Bonchev–Trinajstić information content (AvgIpc) is 2.73. The van der Waals surface area contributed by atoms with E-state index >= 15 is 0 Å². The number of nitrogens with one attached hydrogen (secondary N) is 1. The maximum absolute atomic E-state index is 12.5. The van der Waals surface area contributed by atoms with E-state index in [1.165, 1.54) is 11.8 Å². The third-order valence-electron chi connectivity index (χ3n) is 4.49. The van der Waals surface area contributed by atoms with Crippen molar-refractivity contribution >= 4 is 17.6 Å². The lowest BCUT2D eigenvalue weighted by molar-refractivity contribution is 0.0965. The molecule has 116 valence electrons. The smallest absolute Gasteiger partial charge is 0.163 e. The molecule has 0 bridgehead atoms. The number of ketones is 1. The summed E-state index contributed by atoms with van der Waals surface area (Å²) < 4.78 is 0. The van der Waals surface area contributed by atoms with Gasteiger partial charge in [0.2, 0.25) is 0 Å². The van der Waals surface area contributed by atoms with Crippen LogP contribution in [0.4, 0.5) is 0 Å². The van der Waals surface area contributed by atoms with Crippen molar-refractivity contribution in [2.45, 2.75) is 19.3 Å². The summed E-state index contributed by atoms with van der Waals surface area (Å²) in [4.78, 5) is 12.5. The Morgan fingerprint density at radius 2 is 1.83 bits per heavy atom. The zero-order chi connectivity index (χ0) is 16.2. The molecule has 1 aliphatic rings. The van der Waals surface area contributed by atoms with Gasteiger partial charge in [-0.3, -0.25) is 4.79 Å². The minimum atomic E-state index is -0.0216. The fraction of sp³-hybridized carbons (Fsp3) is 0.200. The number of rotatable bonds is 4. The Bertz CT molecular complexity index is 762. The average molecular weight is 304 g/mol. The Morgan fingerprint density at radius 1 is 1.13 bits per heavy atom. The topological polar surface area (TPSA) is 66.9 Å². The molecule has 1 atom stereocenters. The van der Waals surface area contributed by atoms with Crippen molar-refractivity contribution in [1.29, 1.82) is 5.41 Å². The molecular formula is C20H20N2O. The van der Waals surface area contributed by atoms with Crippen molar-refractivity contribution < 1.29 is 4.79 Å². The van der Waals surface area contributed by atoms with Crippen LogP contribution in [0.1, 0.15) is 34.3 Å². The molecule has 2 aromatic carbocycles. The van der Waals surface area contributed by atoms with Gasteiger partial charge in [-0.1, -0.05) is 54.6 Å². The summed E-state index contributed by atoms with van der Waals surface area (Å²) in [6.07, 6.45) is 3.42. The maximum Gasteiger partial charge on any atom is 0.163 e. The fourth-order valence-corrected chi connectivity index (χ4v) is 3.20. The van der Waals surface area contributed by atoms with E-state index in [1.807, 2.05) is 48.5 Å². The van der Waals surface area contributed by atoms with Gasteiger partial charge in [-0.05, 0) is 24.0 Å². The van der Waals surface area contributed by atoms with Crippen LogP contribution in [0, 0.1) is 11.3 Å². The number of allylic oxidation sites excluding steroid dienone is 2. The summed E-state index contributed by atoms with van der Waals surface area (Å²) in [7, 11) is 0. The molecular weight excluding hydrogens is 284 g/mol. The van der Waals surface area contributed by atoms with Crippen LogP contribution in [0.5, 0.6) is 0 Å². The Balaban J connectivity index is 1.90. The Morgan fingerprint density at radius 3 is 2.57 bits per heavy atom. The van der Waals surface area contributed by atoms with Crippen molar-refractivity contribution in [3.63, 3.8) is 0 Å². The lowest BCUT2D eigenvalue weighted by Gasteiger charge is -2.16. The van der Waals surface area contributed by atoms with E-state index in [9.17, 15) is 4.79 Å². The molecule has 0 spiro atoms. The van der Waals surface area contributed by atoms with Gasteiger partial charge in [0.25, 0.3) is 0 Å². The number of aryl methyl sites for hydroxylation is 1. The van der Waals surface area contributed by atoms with Gasteiger partial charge in [0, 0.05) is 35.4 Å². The van der Waals surface area contributed by atoms with E-state index < -0.39 is 0 Å². The molecule has 3 N–H and O–H groups in total. The molecule has 0 saturated heterocycles. The van der Waals surface area contributed by atoms with Crippen LogP contribution in [0.15, 0.2) is 60.3 Å². The first kappa shape index (κ1) is 15.2. The molecule has 0 aliphatic heterocycles. The van der Waals surface area contributed by atoms with Crippen LogP contribution in [0.3, 0.4) is 0 Å². The molecule has 3 rings (SSSR count). The SMILES string of the molecule is N=CC1=C(N)C(CC(=O)c2ccccc2)CCc2ccccc21. The monoisotopic (exact) mass is 304 g/mol. The largest absolute Gasteiger partial charge is 0.401 e. The number of nitrogens with two attached hydrogens (primary N) is 1. The second-order valence-electron chi connectivity index (χ2n) is 5.90. The van der Waals surface area contributed by atoms with Gasteiger partial charge in [-0.2, -0.15) is 0 Å². The second kappa shape index (κ2) is 6.61. The van der Waals surface area contributed by atoms with E-state index in [-0.39, 0.29) is 11.7 Å². The van der Waals surface area contributed by atoms with E-state index in [4.69, 9.17) is 11.1 Å². The highest BCUT2D eigenvalue weighted by Crippen LogP contribution is 2.32. The van der Waals surface area contributed by atoms with Crippen LogP contribution in [0.2, 0.25) is 0 Å². The van der Waals surface area contributed by atoms with Gasteiger partial charge in [0.15, 0.2) is 5.78 Å². The maximum atomic E-state index is 12.5. The molecule has 3 nitrogen and oxygen atoms in total. The zero-order valence-corrected chi connectivity index (χ0v) is 13.0. The van der Waals surface area contributed by atoms with Gasteiger partial charge in [-0.15, -0.1) is 0 Å². The minimum Gasteiger partial charge on any atom is -0.401 e. The molecule has 0 radical (unpaired) electrons. The van der Waals surface area contributed by atoms with E-state index in [1.54, 1.807) is 0 Å². The highest BCUT2D eigenvalue weighted by molar-refractivity contribution is 6.10. The first-order valence-corrected chi connectivity index (χ1v) is 7.87. The van der Waals surface area contributed by atoms with E-state index in [0.29, 0.717) is 12.1 Å². The number of benzene rings is 2. The number of hydrogen-bond acceptors (Lipinski definition) is 3. The molecule has 1 unspecified atom stereocenters. The summed E-state index contributed by atoms with van der Waals surface area (Å²) in [5, 5.41) is 7.74. The highest BCUT2D eigenvalue weighted by Gasteiger charge is 2.24. The van der Waals surface area contributed by atoms with E-state index in [0.717, 1.165) is 29.5 Å². The summed E-state index contributed by atoms with van der Waals surface area (Å²) in [5.41, 5.74) is 10.7. The molecule has 3 heteroatoms. The molecule has 0 fully saturated rings. The van der Waals surface area contributed by atoms with Crippen LogP contribution in [0.25, 0.3) is 5.57 Å². The summed E-state index contributed by atoms with van der Waals surface area (Å²) >= 11 is 0. The second-order valence-corrected chi connectivity index (χ2v) is 5.90. The highest BCUT2D eigenvalue weighted by atomic mass is 16.1. The third kappa shape index (κ3) is 3.09. The Kier molecular flexibility index (Phi) is 4.38. The molecule has 1 aliphatic carbocycles. The number of Topliss-reactive ketones (excluding diaryl/α,β-unsaturated/α-hetero) is 1. The first-order valence-electron chi connectivity index (χ1n) is 7.87. The molecule has 0 amide bonds. The fourth-order valence-electron chi connectivity index (χ4n) is 3.20. The normalized spacial score (nSPS) is 17.3. The van der Waals surface area contributed by atoms with Gasteiger partial charge < -0.3 is 11.1 Å². The number of carbonyl (C=O) groups excluding carboxylic acids is 1. The lowest BCUT2D eigenvalue weighted by Crippen LogP contribution is -2.18. The van der Waals surface area contributed by atoms with Gasteiger partial charge >= 0.3 is 0 Å². The van der Waals surface area contributed by atoms with Crippen molar-refractivity contribution in [2.24, 2.45) is 11.7 Å². The summed E-state index contributed by atoms with van der Waals surface area (Å²) in [6.45, 7) is 0. The van der Waals surface area contributed by atoms with E-state index in [2.05, 4.69) is 6.07 Å². The van der Waals surface area contributed by atoms with Gasteiger partial charge in [0.05, 0.1) is 0 Å². The quantitative estimate of drug-likeness (QED) is 0.665. The van der Waals surface area contributed by atoms with Crippen molar-refractivity contribution in [3.05, 3.63) is 77.0 Å². The third-order valence-corrected chi connectivity index (χ3v) is 4.49. The van der Waals surface area contributed by atoms with Crippen molar-refractivity contribution in [2.75, 3.05) is 0 Å². The predicted octanol–water partition coefficient (Wildman–Crippen LogP) is 3.84. The van der Waals surface area contributed by atoms with Crippen LogP contribution in [-0.2, 0) is 6.42 Å². The van der Waals surface area contributed by atoms with Crippen LogP contribution in [-0.4, -0.2) is 12.0 Å². The van der Waals surface area contributed by atoms with Crippen molar-refractivity contribution in [1.82, 2.24) is 0 Å². The standard InChI is InChI=1S/C20H20N2O/c21-13-18-17-9-5-4-6-14(17)10-11-16(20(18)22)12-19(23)15-7-2-1-3-8-15/h1-9,13,16,21H,10-12,22H2. The molecule has 2 aromatic rings. The van der Waals surface area contributed by atoms with Gasteiger partial charge in [0.1, 0.15) is 0 Å². The zero-order valence-electron chi connectivity index (χ0n) is 13.0. The van der Waals surface area contributed by atoms with Crippen molar-refractivity contribution in [3.8, 4) is 0 Å². The number of hydrogen-bond donors (Lipinski definition) is 2.